The number of rotatable bonds is 0. The summed E-state index contributed by atoms with van der Waals surface area (Å²) in [7, 11) is 0. The lowest BCUT2D eigenvalue weighted by atomic mass is 10.0. The Bertz CT molecular complexity index is 197. The second-order valence-corrected chi connectivity index (χ2v) is 4.94. The van der Waals surface area contributed by atoms with Crippen molar-refractivity contribution in [3.05, 3.63) is 0 Å². The van der Waals surface area contributed by atoms with Crippen LogP contribution >= 0.6 is 0 Å². The molecule has 0 aromatic rings. The fraction of sp³-hybridized carbons (Fsp3) is 0.909. The minimum atomic E-state index is 0.222. The highest BCUT2D eigenvalue weighted by atomic mass is 15.2. The Morgan fingerprint density at radius 2 is 2.00 bits per heavy atom. The van der Waals surface area contributed by atoms with Gasteiger partial charge in [0, 0.05) is 12.1 Å². The van der Waals surface area contributed by atoms with Crippen LogP contribution < -0.4 is 0 Å². The zero-order valence-corrected chi connectivity index (χ0v) is 9.01. The monoisotopic (exact) mass is 180 g/mol. The average Bonchev–Trinajstić information content (AvgIpc) is 2.27. The minimum Gasteiger partial charge on any atom is -0.297 e. The second-order valence-electron chi connectivity index (χ2n) is 4.94. The van der Waals surface area contributed by atoms with Crippen LogP contribution in [-0.2, 0) is 0 Å². The highest BCUT2D eigenvalue weighted by molar-refractivity contribution is 4.90. The van der Waals surface area contributed by atoms with Gasteiger partial charge < -0.3 is 0 Å². The molecule has 1 atom stereocenters. The molecule has 2 nitrogen and oxygen atoms in total. The van der Waals surface area contributed by atoms with Crippen LogP contribution in [0.15, 0.2) is 0 Å². The van der Waals surface area contributed by atoms with E-state index in [1.165, 1.54) is 12.8 Å². The summed E-state index contributed by atoms with van der Waals surface area (Å²) in [4.78, 5) is 2.44. The van der Waals surface area contributed by atoms with Gasteiger partial charge in [-0.1, -0.05) is 6.42 Å². The second kappa shape index (κ2) is 4.11. The van der Waals surface area contributed by atoms with E-state index >= 15 is 0 Å². The van der Waals surface area contributed by atoms with Crippen molar-refractivity contribution in [3.8, 4) is 6.07 Å². The predicted molar refractivity (Wildman–Crippen MR) is 54.3 cm³/mol. The van der Waals surface area contributed by atoms with Crippen LogP contribution in [0.4, 0.5) is 0 Å². The molecule has 1 fully saturated rings. The van der Waals surface area contributed by atoms with E-state index in [0.717, 1.165) is 19.5 Å². The summed E-state index contributed by atoms with van der Waals surface area (Å²) in [5.74, 6) is 0.252. The number of likely N-dealkylation sites (tertiary alicyclic amines) is 1. The van der Waals surface area contributed by atoms with E-state index in [-0.39, 0.29) is 11.5 Å². The third kappa shape index (κ3) is 3.00. The standard InChI is InChI=1S/C11H20N2/c1-11(2,3)13-7-5-4-6-10(8-12)9-13/h10H,4-7,9H2,1-3H3/t10-/m0/s1. The first-order valence-corrected chi connectivity index (χ1v) is 5.18. The summed E-state index contributed by atoms with van der Waals surface area (Å²) in [5, 5.41) is 8.92. The average molecular weight is 180 g/mol. The summed E-state index contributed by atoms with van der Waals surface area (Å²) < 4.78 is 0. The molecule has 1 aliphatic heterocycles. The van der Waals surface area contributed by atoms with Crippen molar-refractivity contribution in [1.82, 2.24) is 4.90 Å². The molecule has 0 radical (unpaired) electrons. The molecule has 2 heteroatoms. The largest absolute Gasteiger partial charge is 0.297 e. The molecule has 0 amide bonds. The maximum Gasteiger partial charge on any atom is 0.0669 e. The fourth-order valence-corrected chi connectivity index (χ4v) is 1.86. The Morgan fingerprint density at radius 1 is 1.31 bits per heavy atom. The number of nitrogens with zero attached hydrogens (tertiary/aromatic N) is 2. The number of hydrogen-bond acceptors (Lipinski definition) is 2. The normalized spacial score (nSPS) is 26.5. The van der Waals surface area contributed by atoms with E-state index in [4.69, 9.17) is 5.26 Å². The molecule has 0 aliphatic carbocycles. The Labute approximate surface area is 81.5 Å². The molecule has 0 unspecified atom stereocenters. The van der Waals surface area contributed by atoms with Gasteiger partial charge in [-0.2, -0.15) is 5.26 Å². The van der Waals surface area contributed by atoms with Gasteiger partial charge >= 0.3 is 0 Å². The van der Waals surface area contributed by atoms with Gasteiger partial charge in [-0.25, -0.2) is 0 Å². The molecule has 0 bridgehead atoms. The van der Waals surface area contributed by atoms with Gasteiger partial charge in [-0.15, -0.1) is 0 Å². The van der Waals surface area contributed by atoms with Crippen molar-refractivity contribution < 1.29 is 0 Å². The summed E-state index contributed by atoms with van der Waals surface area (Å²) in [6.07, 6.45) is 3.54. The quantitative estimate of drug-likeness (QED) is 0.572. The van der Waals surface area contributed by atoms with Crippen LogP contribution in [0.2, 0.25) is 0 Å². The Morgan fingerprint density at radius 3 is 2.54 bits per heavy atom. The summed E-state index contributed by atoms with van der Waals surface area (Å²) >= 11 is 0. The minimum absolute atomic E-state index is 0.222. The van der Waals surface area contributed by atoms with E-state index in [1.54, 1.807) is 0 Å². The summed E-state index contributed by atoms with van der Waals surface area (Å²) in [5.41, 5.74) is 0.222. The first kappa shape index (κ1) is 10.5. The van der Waals surface area contributed by atoms with E-state index in [2.05, 4.69) is 31.7 Å². The van der Waals surface area contributed by atoms with Crippen LogP contribution in [0.25, 0.3) is 0 Å². The summed E-state index contributed by atoms with van der Waals surface area (Å²) in [6.45, 7) is 8.80. The Kier molecular flexibility index (Phi) is 3.33. The lowest BCUT2D eigenvalue weighted by molar-refractivity contribution is 0.133. The lowest BCUT2D eigenvalue weighted by Crippen LogP contribution is -2.43. The van der Waals surface area contributed by atoms with Crippen LogP contribution in [0.1, 0.15) is 40.0 Å². The van der Waals surface area contributed by atoms with Gasteiger partial charge in [0.25, 0.3) is 0 Å². The highest BCUT2D eigenvalue weighted by Crippen LogP contribution is 2.22. The predicted octanol–water partition coefficient (Wildman–Crippen LogP) is 2.41. The van der Waals surface area contributed by atoms with E-state index < -0.39 is 0 Å². The third-order valence-corrected chi connectivity index (χ3v) is 2.80. The zero-order valence-electron chi connectivity index (χ0n) is 9.01. The molecular weight excluding hydrogens is 160 g/mol. The molecule has 0 spiro atoms. The van der Waals surface area contributed by atoms with Crippen molar-refractivity contribution in [2.45, 2.75) is 45.6 Å². The van der Waals surface area contributed by atoms with Gasteiger partial charge in [0.1, 0.15) is 0 Å². The third-order valence-electron chi connectivity index (χ3n) is 2.80. The number of hydrogen-bond donors (Lipinski definition) is 0. The molecule has 0 aromatic heterocycles. The molecule has 1 heterocycles. The van der Waals surface area contributed by atoms with E-state index in [9.17, 15) is 0 Å². The van der Waals surface area contributed by atoms with Gasteiger partial charge in [0.15, 0.2) is 0 Å². The van der Waals surface area contributed by atoms with Crippen LogP contribution in [0, 0.1) is 17.2 Å². The highest BCUT2D eigenvalue weighted by Gasteiger charge is 2.25. The molecular formula is C11H20N2. The van der Waals surface area contributed by atoms with Crippen LogP contribution in [-0.4, -0.2) is 23.5 Å². The van der Waals surface area contributed by atoms with Gasteiger partial charge in [-0.05, 0) is 40.2 Å². The molecule has 0 aromatic carbocycles. The Hall–Kier alpha value is -0.550. The molecule has 0 saturated carbocycles. The first-order chi connectivity index (χ1) is 6.04. The van der Waals surface area contributed by atoms with Gasteiger partial charge in [0.2, 0.25) is 0 Å². The summed E-state index contributed by atoms with van der Waals surface area (Å²) in [6, 6.07) is 2.40. The van der Waals surface area contributed by atoms with Crippen LogP contribution in [0.5, 0.6) is 0 Å². The lowest BCUT2D eigenvalue weighted by Gasteiger charge is -2.35. The van der Waals surface area contributed by atoms with Crippen molar-refractivity contribution >= 4 is 0 Å². The SMILES string of the molecule is CC(C)(C)N1CCCC[C@@H](C#N)C1. The fourth-order valence-electron chi connectivity index (χ4n) is 1.86. The molecule has 13 heavy (non-hydrogen) atoms. The molecule has 0 N–H and O–H groups in total. The Balaban J connectivity index is 2.60. The number of nitriles is 1. The van der Waals surface area contributed by atoms with Gasteiger partial charge in [-0.3, -0.25) is 4.90 Å². The topological polar surface area (TPSA) is 27.0 Å². The van der Waals surface area contributed by atoms with Gasteiger partial charge in [0.05, 0.1) is 12.0 Å². The first-order valence-electron chi connectivity index (χ1n) is 5.18. The van der Waals surface area contributed by atoms with E-state index in [1.807, 2.05) is 0 Å². The van der Waals surface area contributed by atoms with Crippen molar-refractivity contribution in [2.24, 2.45) is 5.92 Å². The van der Waals surface area contributed by atoms with E-state index in [0.29, 0.717) is 0 Å². The van der Waals surface area contributed by atoms with Crippen molar-refractivity contribution in [3.63, 3.8) is 0 Å². The molecule has 1 aliphatic rings. The van der Waals surface area contributed by atoms with Crippen molar-refractivity contribution in [1.29, 1.82) is 5.26 Å². The molecule has 1 saturated heterocycles. The van der Waals surface area contributed by atoms with Crippen LogP contribution in [0.3, 0.4) is 0 Å². The molecule has 1 rings (SSSR count). The van der Waals surface area contributed by atoms with Crippen molar-refractivity contribution in [2.75, 3.05) is 13.1 Å². The maximum atomic E-state index is 8.92. The zero-order chi connectivity index (χ0) is 9.90. The maximum absolute atomic E-state index is 8.92. The molecule has 74 valence electrons. The smallest absolute Gasteiger partial charge is 0.0669 e.